The maximum absolute atomic E-state index is 12.0. The molecule has 1 aromatic carbocycles. The van der Waals surface area contributed by atoms with E-state index in [9.17, 15) is 14.4 Å². The quantitative estimate of drug-likeness (QED) is 0.603. The predicted molar refractivity (Wildman–Crippen MR) is 100 cm³/mol. The van der Waals surface area contributed by atoms with Crippen LogP contribution in [0.4, 0.5) is 5.82 Å². The molecule has 0 saturated heterocycles. The second kappa shape index (κ2) is 9.49. The number of nitrogens with one attached hydrogen (secondary N) is 1. The van der Waals surface area contributed by atoms with E-state index in [1.807, 2.05) is 0 Å². The summed E-state index contributed by atoms with van der Waals surface area (Å²) in [5, 5.41) is 2.96. The number of ether oxygens (including phenoxy) is 2. The Morgan fingerprint density at radius 3 is 2.44 bits per heavy atom. The molecule has 1 aromatic heterocycles. The Hall–Kier alpha value is -3.19. The lowest BCUT2D eigenvalue weighted by Crippen LogP contribution is -2.29. The lowest BCUT2D eigenvalue weighted by Gasteiger charge is -2.11. The lowest BCUT2D eigenvalue weighted by molar-refractivity contribution is -0.148. The molecule has 7 nitrogen and oxygen atoms in total. The molecule has 2 aromatic rings. The summed E-state index contributed by atoms with van der Waals surface area (Å²) in [5.74, 6) is -1.35. The number of methoxy groups -OCH3 is 1. The van der Waals surface area contributed by atoms with Gasteiger partial charge in [-0.15, -0.1) is 0 Å². The number of hydrogen-bond acceptors (Lipinski definition) is 6. The van der Waals surface area contributed by atoms with Crippen molar-refractivity contribution in [1.29, 1.82) is 0 Å². The van der Waals surface area contributed by atoms with Crippen molar-refractivity contribution in [3.05, 3.63) is 64.8 Å². The maximum atomic E-state index is 12.0. The highest BCUT2D eigenvalue weighted by Gasteiger charge is 2.17. The molecule has 2 rings (SSSR count). The zero-order chi connectivity index (χ0) is 19.8. The van der Waals surface area contributed by atoms with E-state index in [1.54, 1.807) is 30.3 Å². The van der Waals surface area contributed by atoms with Gasteiger partial charge in [0.25, 0.3) is 5.91 Å². The summed E-state index contributed by atoms with van der Waals surface area (Å²) in [5.41, 5.74) is 1.08. The van der Waals surface area contributed by atoms with Crippen LogP contribution in [0.2, 0.25) is 5.02 Å². The van der Waals surface area contributed by atoms with Crippen LogP contribution in [0.25, 0.3) is 6.08 Å². The van der Waals surface area contributed by atoms with E-state index in [-0.39, 0.29) is 0 Å². The third-order valence-corrected chi connectivity index (χ3v) is 3.61. The average molecular weight is 389 g/mol. The molecular formula is C19H17ClN2O5. The fourth-order valence-corrected chi connectivity index (χ4v) is 2.07. The number of anilines is 1. The number of esters is 2. The van der Waals surface area contributed by atoms with Crippen molar-refractivity contribution in [2.45, 2.75) is 13.0 Å². The first-order valence-electron chi connectivity index (χ1n) is 7.88. The van der Waals surface area contributed by atoms with Crippen LogP contribution in [-0.2, 0) is 19.1 Å². The van der Waals surface area contributed by atoms with Crippen molar-refractivity contribution < 1.29 is 23.9 Å². The summed E-state index contributed by atoms with van der Waals surface area (Å²) in [6.07, 6.45) is 3.08. The van der Waals surface area contributed by atoms with Crippen LogP contribution in [0.15, 0.2) is 48.7 Å². The zero-order valence-corrected chi connectivity index (χ0v) is 15.4. The smallest absolute Gasteiger partial charge is 0.337 e. The molecule has 0 saturated carbocycles. The van der Waals surface area contributed by atoms with Gasteiger partial charge in [-0.1, -0.05) is 23.7 Å². The highest BCUT2D eigenvalue weighted by Crippen LogP contribution is 2.11. The minimum atomic E-state index is -1.01. The minimum absolute atomic E-state index is 0.300. The number of hydrogen-bond donors (Lipinski definition) is 1. The number of benzene rings is 1. The summed E-state index contributed by atoms with van der Waals surface area (Å²) < 4.78 is 9.65. The summed E-state index contributed by atoms with van der Waals surface area (Å²) in [7, 11) is 1.30. The standard InChI is InChI=1S/C19H17ClN2O5/c1-12(18(24)22-16-9-8-15(20)11-21-16)27-17(23)10-5-13-3-6-14(7-4-13)19(25)26-2/h3-12H,1-2H3,(H,21,22,24)/b10-5+/t12-/m1/s1. The third kappa shape index (κ3) is 6.23. The minimum Gasteiger partial charge on any atom is -0.465 e. The molecule has 0 aliphatic rings. The van der Waals surface area contributed by atoms with Gasteiger partial charge in [-0.05, 0) is 42.8 Å². The number of carbonyl (C=O) groups excluding carboxylic acids is 3. The molecule has 0 unspecified atom stereocenters. The second-order valence-corrected chi connectivity index (χ2v) is 5.81. The summed E-state index contributed by atoms with van der Waals surface area (Å²) in [6, 6.07) is 9.57. The summed E-state index contributed by atoms with van der Waals surface area (Å²) >= 11 is 5.72. The second-order valence-electron chi connectivity index (χ2n) is 5.38. The van der Waals surface area contributed by atoms with Crippen LogP contribution in [0, 0.1) is 0 Å². The maximum Gasteiger partial charge on any atom is 0.337 e. The van der Waals surface area contributed by atoms with E-state index in [0.29, 0.717) is 22.0 Å². The number of nitrogens with zero attached hydrogens (tertiary/aromatic N) is 1. The summed E-state index contributed by atoms with van der Waals surface area (Å²) in [6.45, 7) is 1.45. The van der Waals surface area contributed by atoms with Crippen molar-refractivity contribution in [1.82, 2.24) is 4.98 Å². The van der Waals surface area contributed by atoms with Gasteiger partial charge in [0.2, 0.25) is 0 Å². The average Bonchev–Trinajstić information content (AvgIpc) is 2.67. The Morgan fingerprint density at radius 2 is 1.85 bits per heavy atom. The SMILES string of the molecule is COC(=O)c1ccc(/C=C/C(=O)O[C@H](C)C(=O)Nc2ccc(Cl)cn2)cc1. The molecule has 0 spiro atoms. The van der Waals surface area contributed by atoms with Gasteiger partial charge in [-0.3, -0.25) is 4.79 Å². The van der Waals surface area contributed by atoms with E-state index < -0.39 is 23.9 Å². The molecule has 0 aliphatic carbocycles. The van der Waals surface area contributed by atoms with Gasteiger partial charge in [0.15, 0.2) is 6.10 Å². The molecule has 0 bridgehead atoms. The van der Waals surface area contributed by atoms with Gasteiger partial charge < -0.3 is 14.8 Å². The molecule has 0 fully saturated rings. The molecule has 140 valence electrons. The van der Waals surface area contributed by atoms with Crippen LogP contribution in [-0.4, -0.2) is 36.0 Å². The predicted octanol–water partition coefficient (Wildman–Crippen LogP) is 3.11. The lowest BCUT2D eigenvalue weighted by atomic mass is 10.1. The van der Waals surface area contributed by atoms with Crippen LogP contribution in [0.3, 0.4) is 0 Å². The van der Waals surface area contributed by atoms with Gasteiger partial charge in [0.1, 0.15) is 5.82 Å². The molecule has 1 amide bonds. The molecule has 1 N–H and O–H groups in total. The van der Waals surface area contributed by atoms with Gasteiger partial charge in [-0.2, -0.15) is 0 Å². The fraction of sp³-hybridized carbons (Fsp3) is 0.158. The van der Waals surface area contributed by atoms with Gasteiger partial charge in [0, 0.05) is 12.3 Å². The van der Waals surface area contributed by atoms with Crippen molar-refractivity contribution in [3.8, 4) is 0 Å². The third-order valence-electron chi connectivity index (χ3n) is 3.38. The summed E-state index contributed by atoms with van der Waals surface area (Å²) in [4.78, 5) is 39.2. The first-order valence-corrected chi connectivity index (χ1v) is 8.26. The molecule has 1 atom stereocenters. The Bertz CT molecular complexity index is 847. The van der Waals surface area contributed by atoms with Gasteiger partial charge in [-0.25, -0.2) is 14.6 Å². The first kappa shape index (κ1) is 20.1. The van der Waals surface area contributed by atoms with Gasteiger partial charge in [0.05, 0.1) is 17.7 Å². The van der Waals surface area contributed by atoms with E-state index in [1.165, 1.54) is 38.4 Å². The van der Waals surface area contributed by atoms with Crippen LogP contribution in [0.5, 0.6) is 0 Å². The van der Waals surface area contributed by atoms with Crippen LogP contribution in [0.1, 0.15) is 22.8 Å². The monoisotopic (exact) mass is 388 g/mol. The van der Waals surface area contributed by atoms with E-state index >= 15 is 0 Å². The van der Waals surface area contributed by atoms with E-state index in [4.69, 9.17) is 16.3 Å². The van der Waals surface area contributed by atoms with Crippen LogP contribution < -0.4 is 5.32 Å². The normalized spacial score (nSPS) is 11.7. The fourth-order valence-electron chi connectivity index (χ4n) is 1.96. The Morgan fingerprint density at radius 1 is 1.15 bits per heavy atom. The van der Waals surface area contributed by atoms with Crippen LogP contribution >= 0.6 is 11.6 Å². The molecule has 8 heteroatoms. The topological polar surface area (TPSA) is 94.6 Å². The van der Waals surface area contributed by atoms with Crippen molar-refractivity contribution in [2.24, 2.45) is 0 Å². The largest absolute Gasteiger partial charge is 0.465 e. The number of rotatable bonds is 6. The number of carbonyl (C=O) groups is 3. The molecule has 27 heavy (non-hydrogen) atoms. The first-order chi connectivity index (χ1) is 12.9. The number of aromatic nitrogens is 1. The van der Waals surface area contributed by atoms with Gasteiger partial charge >= 0.3 is 11.9 Å². The highest BCUT2D eigenvalue weighted by molar-refractivity contribution is 6.30. The Labute approximate surface area is 161 Å². The van der Waals surface area contributed by atoms with E-state index in [2.05, 4.69) is 15.0 Å². The Balaban J connectivity index is 1.88. The van der Waals surface area contributed by atoms with Crippen molar-refractivity contribution >= 4 is 41.3 Å². The highest BCUT2D eigenvalue weighted by atomic mass is 35.5. The number of halogens is 1. The van der Waals surface area contributed by atoms with Crippen molar-refractivity contribution in [3.63, 3.8) is 0 Å². The van der Waals surface area contributed by atoms with E-state index in [0.717, 1.165) is 0 Å². The Kier molecular flexibility index (Phi) is 7.08. The number of pyridine rings is 1. The van der Waals surface area contributed by atoms with Crippen molar-refractivity contribution in [2.75, 3.05) is 12.4 Å². The molecular weight excluding hydrogens is 372 g/mol. The zero-order valence-electron chi connectivity index (χ0n) is 14.6. The number of amides is 1. The molecule has 1 heterocycles. The molecule has 0 radical (unpaired) electrons. The molecule has 0 aliphatic heterocycles.